The van der Waals surface area contributed by atoms with Crippen molar-refractivity contribution in [3.63, 3.8) is 0 Å². The van der Waals surface area contributed by atoms with E-state index in [9.17, 15) is 9.59 Å². The average molecular weight is 337 g/mol. The van der Waals surface area contributed by atoms with Crippen molar-refractivity contribution in [1.29, 1.82) is 0 Å². The number of ketones is 1. The number of likely N-dealkylation sites (tertiary alicyclic amines) is 1. The van der Waals surface area contributed by atoms with Crippen LogP contribution in [0.15, 0.2) is 48.8 Å². The van der Waals surface area contributed by atoms with E-state index in [0.717, 1.165) is 30.8 Å². The molecule has 1 aliphatic rings. The Hall–Kier alpha value is -2.69. The van der Waals surface area contributed by atoms with Crippen LogP contribution >= 0.6 is 0 Å². The number of Topliss-reactive ketones (excluding diaryl/α,β-unsaturated/α-hetero) is 1. The third-order valence-electron chi connectivity index (χ3n) is 4.70. The standard InChI is InChI=1S/C20H23N3O2/c1-2-22-15-12-21-18(22)8-9-19(24)23-13-10-17(11-14-23)20(25)16-6-4-3-5-7-16/h3-9,12,15,17H,2,10-11,13-14H2,1H3/b9-8+. The minimum absolute atomic E-state index is 0.00872. The monoisotopic (exact) mass is 337 g/mol. The van der Waals surface area contributed by atoms with Crippen molar-refractivity contribution < 1.29 is 9.59 Å². The van der Waals surface area contributed by atoms with Gasteiger partial charge in [0.25, 0.3) is 0 Å². The maximum Gasteiger partial charge on any atom is 0.246 e. The number of amides is 1. The molecule has 0 spiro atoms. The molecular formula is C20H23N3O2. The predicted octanol–water partition coefficient (Wildman–Crippen LogP) is 3.04. The Labute approximate surface area is 148 Å². The summed E-state index contributed by atoms with van der Waals surface area (Å²) in [4.78, 5) is 30.9. The van der Waals surface area contributed by atoms with Crippen molar-refractivity contribution in [3.05, 3.63) is 60.2 Å². The number of aryl methyl sites for hydroxylation is 1. The highest BCUT2D eigenvalue weighted by molar-refractivity contribution is 5.98. The summed E-state index contributed by atoms with van der Waals surface area (Å²) in [5, 5.41) is 0. The number of imidazole rings is 1. The molecule has 1 saturated heterocycles. The number of benzene rings is 1. The van der Waals surface area contributed by atoms with Gasteiger partial charge in [0.05, 0.1) is 0 Å². The molecule has 0 N–H and O–H groups in total. The van der Waals surface area contributed by atoms with Crippen molar-refractivity contribution in [2.24, 2.45) is 5.92 Å². The van der Waals surface area contributed by atoms with Gasteiger partial charge in [-0.05, 0) is 25.8 Å². The summed E-state index contributed by atoms with van der Waals surface area (Å²) in [5.74, 6) is 0.962. The van der Waals surface area contributed by atoms with E-state index in [-0.39, 0.29) is 17.6 Å². The fourth-order valence-corrected chi connectivity index (χ4v) is 3.20. The molecule has 1 aliphatic heterocycles. The van der Waals surface area contributed by atoms with Gasteiger partial charge in [-0.1, -0.05) is 30.3 Å². The van der Waals surface area contributed by atoms with E-state index >= 15 is 0 Å². The quantitative estimate of drug-likeness (QED) is 0.622. The van der Waals surface area contributed by atoms with Crippen LogP contribution in [0.4, 0.5) is 0 Å². The minimum Gasteiger partial charge on any atom is -0.339 e. The molecule has 0 saturated carbocycles. The van der Waals surface area contributed by atoms with Crippen LogP contribution in [-0.2, 0) is 11.3 Å². The van der Waals surface area contributed by atoms with E-state index in [2.05, 4.69) is 4.98 Å². The molecule has 1 fully saturated rings. The van der Waals surface area contributed by atoms with Crippen LogP contribution in [0.2, 0.25) is 0 Å². The van der Waals surface area contributed by atoms with Gasteiger partial charge in [-0.15, -0.1) is 0 Å². The third-order valence-corrected chi connectivity index (χ3v) is 4.70. The van der Waals surface area contributed by atoms with E-state index in [1.807, 2.05) is 52.9 Å². The zero-order valence-corrected chi connectivity index (χ0v) is 14.5. The second kappa shape index (κ2) is 7.92. The third kappa shape index (κ3) is 4.05. The molecule has 0 atom stereocenters. The van der Waals surface area contributed by atoms with Crippen LogP contribution in [0.1, 0.15) is 35.9 Å². The fourth-order valence-electron chi connectivity index (χ4n) is 3.20. The Morgan fingerprint density at radius 2 is 1.92 bits per heavy atom. The molecule has 2 aromatic rings. The molecule has 2 heterocycles. The first-order valence-corrected chi connectivity index (χ1v) is 8.76. The van der Waals surface area contributed by atoms with Crippen LogP contribution < -0.4 is 0 Å². The zero-order chi connectivity index (χ0) is 17.6. The normalized spacial score (nSPS) is 15.6. The summed E-state index contributed by atoms with van der Waals surface area (Å²) in [7, 11) is 0. The molecule has 130 valence electrons. The summed E-state index contributed by atoms with van der Waals surface area (Å²) in [5.41, 5.74) is 0.763. The van der Waals surface area contributed by atoms with Gasteiger partial charge in [0.1, 0.15) is 5.82 Å². The molecule has 25 heavy (non-hydrogen) atoms. The summed E-state index contributed by atoms with van der Waals surface area (Å²) in [6.45, 7) is 4.10. The van der Waals surface area contributed by atoms with Gasteiger partial charge in [-0.3, -0.25) is 9.59 Å². The van der Waals surface area contributed by atoms with Gasteiger partial charge < -0.3 is 9.47 Å². The van der Waals surface area contributed by atoms with Crippen LogP contribution in [0, 0.1) is 5.92 Å². The molecule has 0 radical (unpaired) electrons. The lowest BCUT2D eigenvalue weighted by Gasteiger charge is -2.30. The predicted molar refractivity (Wildman–Crippen MR) is 97.0 cm³/mol. The molecular weight excluding hydrogens is 314 g/mol. The molecule has 1 aromatic carbocycles. The number of rotatable bonds is 5. The molecule has 0 unspecified atom stereocenters. The molecule has 5 nitrogen and oxygen atoms in total. The molecule has 0 bridgehead atoms. The van der Waals surface area contributed by atoms with Gasteiger partial charge >= 0.3 is 0 Å². The molecule has 5 heteroatoms. The lowest BCUT2D eigenvalue weighted by molar-refractivity contribution is -0.127. The van der Waals surface area contributed by atoms with Crippen molar-refractivity contribution >= 4 is 17.8 Å². The van der Waals surface area contributed by atoms with E-state index in [1.54, 1.807) is 18.3 Å². The second-order valence-corrected chi connectivity index (χ2v) is 6.23. The van der Waals surface area contributed by atoms with E-state index in [0.29, 0.717) is 13.1 Å². The molecule has 1 amide bonds. The Kier molecular flexibility index (Phi) is 5.43. The van der Waals surface area contributed by atoms with Crippen molar-refractivity contribution in [1.82, 2.24) is 14.5 Å². The second-order valence-electron chi connectivity index (χ2n) is 6.23. The molecule has 1 aromatic heterocycles. The average Bonchev–Trinajstić information content (AvgIpc) is 3.14. The van der Waals surface area contributed by atoms with Crippen molar-refractivity contribution in [2.75, 3.05) is 13.1 Å². The van der Waals surface area contributed by atoms with Crippen molar-refractivity contribution in [3.8, 4) is 0 Å². The fraction of sp³-hybridized carbons (Fsp3) is 0.350. The Morgan fingerprint density at radius 3 is 2.60 bits per heavy atom. The van der Waals surface area contributed by atoms with Gasteiger partial charge in [-0.2, -0.15) is 0 Å². The number of aromatic nitrogens is 2. The first-order chi connectivity index (χ1) is 12.2. The van der Waals surface area contributed by atoms with E-state index in [1.165, 1.54) is 0 Å². The Bertz CT molecular complexity index is 756. The van der Waals surface area contributed by atoms with Crippen LogP contribution in [0.3, 0.4) is 0 Å². The van der Waals surface area contributed by atoms with Crippen LogP contribution in [-0.4, -0.2) is 39.2 Å². The number of piperidine rings is 1. The maximum atomic E-state index is 12.5. The summed E-state index contributed by atoms with van der Waals surface area (Å²) in [6, 6.07) is 9.40. The highest BCUT2D eigenvalue weighted by atomic mass is 16.2. The first-order valence-electron chi connectivity index (χ1n) is 8.76. The zero-order valence-electron chi connectivity index (χ0n) is 14.5. The topological polar surface area (TPSA) is 55.2 Å². The van der Waals surface area contributed by atoms with Gasteiger partial charge in [0.15, 0.2) is 5.78 Å². The first kappa shape index (κ1) is 17.1. The number of hydrogen-bond acceptors (Lipinski definition) is 3. The number of carbonyl (C=O) groups is 2. The smallest absolute Gasteiger partial charge is 0.246 e. The summed E-state index contributed by atoms with van der Waals surface area (Å²) >= 11 is 0. The maximum absolute atomic E-state index is 12.5. The van der Waals surface area contributed by atoms with Crippen molar-refractivity contribution in [2.45, 2.75) is 26.3 Å². The summed E-state index contributed by atoms with van der Waals surface area (Å²) in [6.07, 6.45) is 8.40. The Morgan fingerprint density at radius 1 is 1.20 bits per heavy atom. The lowest BCUT2D eigenvalue weighted by Crippen LogP contribution is -2.39. The number of carbonyl (C=O) groups excluding carboxylic acids is 2. The van der Waals surface area contributed by atoms with E-state index < -0.39 is 0 Å². The Balaban J connectivity index is 1.55. The summed E-state index contributed by atoms with van der Waals surface area (Å²) < 4.78 is 1.98. The largest absolute Gasteiger partial charge is 0.339 e. The number of hydrogen-bond donors (Lipinski definition) is 0. The highest BCUT2D eigenvalue weighted by Gasteiger charge is 2.27. The number of nitrogens with zero attached hydrogens (tertiary/aromatic N) is 3. The van der Waals surface area contributed by atoms with Gasteiger partial charge in [-0.25, -0.2) is 4.98 Å². The van der Waals surface area contributed by atoms with Gasteiger partial charge in [0, 0.05) is 49.6 Å². The molecule has 3 rings (SSSR count). The lowest BCUT2D eigenvalue weighted by atomic mass is 9.89. The van der Waals surface area contributed by atoms with E-state index in [4.69, 9.17) is 0 Å². The SMILES string of the molecule is CCn1ccnc1/C=C/C(=O)N1CCC(C(=O)c2ccccc2)CC1. The van der Waals surface area contributed by atoms with Crippen LogP contribution in [0.5, 0.6) is 0 Å². The van der Waals surface area contributed by atoms with Gasteiger partial charge in [0.2, 0.25) is 5.91 Å². The minimum atomic E-state index is -0.0173. The van der Waals surface area contributed by atoms with Crippen LogP contribution in [0.25, 0.3) is 6.08 Å². The molecule has 0 aliphatic carbocycles. The highest BCUT2D eigenvalue weighted by Crippen LogP contribution is 2.22.